The van der Waals surface area contributed by atoms with Crippen molar-refractivity contribution >= 4 is 17.5 Å². The van der Waals surface area contributed by atoms with Gasteiger partial charge in [-0.05, 0) is 37.1 Å². The normalized spacial score (nSPS) is 11.9. The highest BCUT2D eigenvalue weighted by atomic mass is 35.5. The van der Waals surface area contributed by atoms with Crippen molar-refractivity contribution in [3.63, 3.8) is 0 Å². The summed E-state index contributed by atoms with van der Waals surface area (Å²) in [5.74, 6) is -0.214. The van der Waals surface area contributed by atoms with Crippen molar-refractivity contribution in [2.24, 2.45) is 0 Å². The zero-order valence-electron chi connectivity index (χ0n) is 10.9. The fourth-order valence-corrected chi connectivity index (χ4v) is 2.19. The molecule has 0 fully saturated rings. The second-order valence-electron chi connectivity index (χ2n) is 4.39. The molecule has 98 valence electrons. The number of aryl methyl sites for hydroxylation is 1. The summed E-state index contributed by atoms with van der Waals surface area (Å²) in [4.78, 5) is 16.0. The minimum atomic E-state index is -0.214. The Morgan fingerprint density at radius 2 is 2.00 bits per heavy atom. The second kappa shape index (κ2) is 5.85. The van der Waals surface area contributed by atoms with E-state index in [1.165, 1.54) is 0 Å². The number of amides is 1. The molecule has 0 aliphatic rings. The predicted molar refractivity (Wildman–Crippen MR) is 76.3 cm³/mol. The van der Waals surface area contributed by atoms with Gasteiger partial charge in [0.15, 0.2) is 0 Å². The van der Waals surface area contributed by atoms with Gasteiger partial charge < -0.3 is 5.32 Å². The first kappa shape index (κ1) is 13.6. The molecule has 3 nitrogen and oxygen atoms in total. The Balaban J connectivity index is 2.16. The lowest BCUT2D eigenvalue weighted by atomic mass is 10.0. The first-order valence-electron chi connectivity index (χ1n) is 6.06. The van der Waals surface area contributed by atoms with Gasteiger partial charge >= 0.3 is 0 Å². The standard InChI is InChI=1S/C15H15ClN2O/c1-10-6-3-4-7-12(10)11(2)18-15(19)13-8-5-9-17-14(13)16/h3-9,11H,1-2H3,(H,18,19)/t11-/m1/s1. The van der Waals surface area contributed by atoms with Gasteiger partial charge in [-0.2, -0.15) is 0 Å². The lowest BCUT2D eigenvalue weighted by molar-refractivity contribution is 0.0939. The number of benzene rings is 1. The summed E-state index contributed by atoms with van der Waals surface area (Å²) in [5.41, 5.74) is 2.63. The Bertz CT molecular complexity index is 598. The Labute approximate surface area is 117 Å². The Morgan fingerprint density at radius 1 is 1.26 bits per heavy atom. The van der Waals surface area contributed by atoms with Crippen molar-refractivity contribution < 1.29 is 4.79 Å². The minimum absolute atomic E-state index is 0.0787. The fourth-order valence-electron chi connectivity index (χ4n) is 1.98. The Kier molecular flexibility index (Phi) is 4.17. The van der Waals surface area contributed by atoms with Gasteiger partial charge in [0.1, 0.15) is 5.15 Å². The summed E-state index contributed by atoms with van der Waals surface area (Å²) < 4.78 is 0. The molecule has 0 unspecified atom stereocenters. The van der Waals surface area contributed by atoms with Crippen LogP contribution in [0.15, 0.2) is 42.6 Å². The molecule has 0 spiro atoms. The Morgan fingerprint density at radius 3 is 2.68 bits per heavy atom. The largest absolute Gasteiger partial charge is 0.345 e. The first-order chi connectivity index (χ1) is 9.09. The van der Waals surface area contributed by atoms with Crippen molar-refractivity contribution in [2.75, 3.05) is 0 Å². The maximum atomic E-state index is 12.1. The quantitative estimate of drug-likeness (QED) is 0.870. The van der Waals surface area contributed by atoms with Crippen LogP contribution in [0.4, 0.5) is 0 Å². The van der Waals surface area contributed by atoms with Crippen LogP contribution in [0.25, 0.3) is 0 Å². The van der Waals surface area contributed by atoms with Gasteiger partial charge in [0, 0.05) is 6.20 Å². The number of nitrogens with one attached hydrogen (secondary N) is 1. The van der Waals surface area contributed by atoms with E-state index in [4.69, 9.17) is 11.6 Å². The molecule has 0 radical (unpaired) electrons. The summed E-state index contributed by atoms with van der Waals surface area (Å²) in [6.07, 6.45) is 1.56. The molecule has 1 amide bonds. The van der Waals surface area contributed by atoms with Crippen LogP contribution >= 0.6 is 11.6 Å². The van der Waals surface area contributed by atoms with E-state index in [0.717, 1.165) is 11.1 Å². The van der Waals surface area contributed by atoms with Crippen LogP contribution in [0.1, 0.15) is 34.5 Å². The van der Waals surface area contributed by atoms with Crippen molar-refractivity contribution in [2.45, 2.75) is 19.9 Å². The average Bonchev–Trinajstić information content (AvgIpc) is 2.39. The number of pyridine rings is 1. The van der Waals surface area contributed by atoms with Crippen molar-refractivity contribution in [1.29, 1.82) is 0 Å². The SMILES string of the molecule is Cc1ccccc1[C@@H](C)NC(=O)c1cccnc1Cl. The molecule has 2 rings (SSSR count). The highest BCUT2D eigenvalue weighted by Gasteiger charge is 2.15. The molecule has 0 saturated heterocycles. The van der Waals surface area contributed by atoms with Crippen molar-refractivity contribution in [3.8, 4) is 0 Å². The van der Waals surface area contributed by atoms with E-state index in [2.05, 4.69) is 10.3 Å². The topological polar surface area (TPSA) is 42.0 Å². The highest BCUT2D eigenvalue weighted by Crippen LogP contribution is 2.18. The van der Waals surface area contributed by atoms with E-state index in [9.17, 15) is 4.79 Å². The summed E-state index contributed by atoms with van der Waals surface area (Å²) in [5, 5.41) is 3.15. The minimum Gasteiger partial charge on any atom is -0.345 e. The van der Waals surface area contributed by atoms with Crippen LogP contribution in [0.2, 0.25) is 5.15 Å². The maximum Gasteiger partial charge on any atom is 0.254 e. The molecule has 2 aromatic rings. The number of aromatic nitrogens is 1. The molecule has 0 aliphatic heterocycles. The number of rotatable bonds is 3. The van der Waals surface area contributed by atoms with Crippen LogP contribution < -0.4 is 5.32 Å². The number of nitrogens with zero attached hydrogens (tertiary/aromatic N) is 1. The summed E-state index contributed by atoms with van der Waals surface area (Å²) in [7, 11) is 0. The van der Waals surface area contributed by atoms with Gasteiger partial charge in [0.25, 0.3) is 5.91 Å². The molecule has 1 aromatic heterocycles. The second-order valence-corrected chi connectivity index (χ2v) is 4.75. The summed E-state index contributed by atoms with van der Waals surface area (Å²) in [6.45, 7) is 3.97. The first-order valence-corrected chi connectivity index (χ1v) is 6.44. The molecular formula is C15H15ClN2O. The lowest BCUT2D eigenvalue weighted by Gasteiger charge is -2.16. The Hall–Kier alpha value is -1.87. The van der Waals surface area contributed by atoms with Crippen molar-refractivity contribution in [1.82, 2.24) is 10.3 Å². The molecule has 0 bridgehead atoms. The summed E-state index contributed by atoms with van der Waals surface area (Å²) >= 11 is 5.91. The zero-order valence-corrected chi connectivity index (χ0v) is 11.6. The zero-order chi connectivity index (χ0) is 13.8. The van der Waals surface area contributed by atoms with E-state index >= 15 is 0 Å². The van der Waals surface area contributed by atoms with Crippen LogP contribution in [-0.4, -0.2) is 10.9 Å². The van der Waals surface area contributed by atoms with E-state index in [1.54, 1.807) is 18.3 Å². The summed E-state index contributed by atoms with van der Waals surface area (Å²) in [6, 6.07) is 11.2. The van der Waals surface area contributed by atoms with E-state index in [-0.39, 0.29) is 17.1 Å². The molecule has 1 N–H and O–H groups in total. The number of halogens is 1. The highest BCUT2D eigenvalue weighted by molar-refractivity contribution is 6.32. The van der Waals surface area contributed by atoms with Gasteiger partial charge in [0.2, 0.25) is 0 Å². The molecule has 4 heteroatoms. The van der Waals surface area contributed by atoms with Crippen LogP contribution in [0.5, 0.6) is 0 Å². The van der Waals surface area contributed by atoms with E-state index in [1.807, 2.05) is 38.1 Å². The monoisotopic (exact) mass is 274 g/mol. The molecule has 1 atom stereocenters. The van der Waals surface area contributed by atoms with Crippen LogP contribution in [0, 0.1) is 6.92 Å². The van der Waals surface area contributed by atoms with Crippen LogP contribution in [0.3, 0.4) is 0 Å². The number of hydrogen-bond acceptors (Lipinski definition) is 2. The van der Waals surface area contributed by atoms with E-state index < -0.39 is 0 Å². The molecule has 0 saturated carbocycles. The van der Waals surface area contributed by atoms with Crippen molar-refractivity contribution in [3.05, 3.63) is 64.4 Å². The van der Waals surface area contributed by atoms with Gasteiger partial charge in [0.05, 0.1) is 11.6 Å². The van der Waals surface area contributed by atoms with Gasteiger partial charge in [-0.1, -0.05) is 35.9 Å². The molecule has 1 aromatic carbocycles. The smallest absolute Gasteiger partial charge is 0.254 e. The van der Waals surface area contributed by atoms with Gasteiger partial charge in [-0.25, -0.2) is 4.98 Å². The van der Waals surface area contributed by atoms with Gasteiger partial charge in [-0.3, -0.25) is 4.79 Å². The number of hydrogen-bond donors (Lipinski definition) is 1. The average molecular weight is 275 g/mol. The molecule has 19 heavy (non-hydrogen) atoms. The maximum absolute atomic E-state index is 12.1. The number of carbonyl (C=O) groups is 1. The third kappa shape index (κ3) is 3.12. The molecule has 1 heterocycles. The third-order valence-electron chi connectivity index (χ3n) is 3.01. The van der Waals surface area contributed by atoms with Crippen LogP contribution in [-0.2, 0) is 0 Å². The fraction of sp³-hybridized carbons (Fsp3) is 0.200. The lowest BCUT2D eigenvalue weighted by Crippen LogP contribution is -2.27. The van der Waals surface area contributed by atoms with Gasteiger partial charge in [-0.15, -0.1) is 0 Å². The molecule has 0 aliphatic carbocycles. The predicted octanol–water partition coefficient (Wildman–Crippen LogP) is 3.53. The van der Waals surface area contributed by atoms with E-state index in [0.29, 0.717) is 5.56 Å². The third-order valence-corrected chi connectivity index (χ3v) is 3.31. The molecular weight excluding hydrogens is 260 g/mol. The number of carbonyl (C=O) groups excluding carboxylic acids is 1.